The van der Waals surface area contributed by atoms with Crippen molar-refractivity contribution in [2.45, 2.75) is 44.9 Å². The minimum absolute atomic E-state index is 0.123. The van der Waals surface area contributed by atoms with Gasteiger partial charge in [-0.2, -0.15) is 0 Å². The first-order chi connectivity index (χ1) is 32.0. The van der Waals surface area contributed by atoms with E-state index >= 15 is 0 Å². The molecule has 2 aliphatic heterocycles. The lowest BCUT2D eigenvalue weighted by Gasteiger charge is -2.33. The van der Waals surface area contributed by atoms with Crippen LogP contribution in [0.5, 0.6) is 0 Å². The topological polar surface area (TPSA) is 6.48 Å². The quantitative estimate of drug-likeness (QED) is 0.159. The van der Waals surface area contributed by atoms with Crippen molar-refractivity contribution in [1.82, 2.24) is 0 Å². The number of aryl methyl sites for hydroxylation is 2. The third-order valence-electron chi connectivity index (χ3n) is 15.1. The molecule has 0 fully saturated rings. The minimum Gasteiger partial charge on any atom is -0.341 e. The van der Waals surface area contributed by atoms with Crippen LogP contribution in [-0.4, -0.2) is 13.1 Å². The Morgan fingerprint density at radius 2 is 0.908 bits per heavy atom. The normalized spacial score (nSPS) is 14.9. The van der Waals surface area contributed by atoms with Crippen LogP contribution in [-0.2, 0) is 18.3 Å². The molecule has 312 valence electrons. The van der Waals surface area contributed by atoms with Gasteiger partial charge in [-0.3, -0.25) is 0 Å². The summed E-state index contributed by atoms with van der Waals surface area (Å²) in [5, 5.41) is 7.63. The molecule has 13 rings (SSSR count). The predicted octanol–water partition coefficient (Wildman–Crippen LogP) is 16.6. The smallest absolute Gasteiger partial charge is 0.0443 e. The predicted molar refractivity (Wildman–Crippen MR) is 276 cm³/mol. The monoisotopic (exact) mass is 834 g/mol. The molecule has 0 spiro atoms. The summed E-state index contributed by atoms with van der Waals surface area (Å²) in [6.45, 7) is 6.79. The van der Waals surface area contributed by atoms with Crippen LogP contribution in [0.4, 0.5) is 22.7 Å². The zero-order valence-corrected chi connectivity index (χ0v) is 37.1. The summed E-state index contributed by atoms with van der Waals surface area (Å²) < 4.78 is 0. The van der Waals surface area contributed by atoms with Crippen LogP contribution in [0, 0.1) is 0 Å². The summed E-state index contributed by atoms with van der Waals surface area (Å²) in [5.74, 6) is 0. The molecule has 0 saturated heterocycles. The lowest BCUT2D eigenvalue weighted by molar-refractivity contribution is 0.660. The first kappa shape index (κ1) is 38.1. The number of hydrogen-bond acceptors (Lipinski definition) is 2. The standard InChI is InChI=1S/C63H50N2/c1-63(2)57-27-10-9-24-50(57)51-33-30-44(38-58(51)63)61-53-34-31-46(65-37-15-21-43-18-5-12-29-60(43)65)40-56(53)62(52-25-8-7-23-49(52)48-26-13-19-41-16-3-6-22-47(41)48)54-35-32-45(39-55(54)61)64-36-14-20-42-17-4-11-28-59(42)64/h3-13,16-19,22-35,38-40H,14-15,20-21,36-37H2,1-2H3. The van der Waals surface area contributed by atoms with Crippen molar-refractivity contribution >= 4 is 55.1 Å². The van der Waals surface area contributed by atoms with Gasteiger partial charge in [0.25, 0.3) is 0 Å². The van der Waals surface area contributed by atoms with Crippen LogP contribution >= 0.6 is 0 Å². The summed E-state index contributed by atoms with van der Waals surface area (Å²) in [4.78, 5) is 5.13. The number of rotatable bonds is 5. The molecule has 0 radical (unpaired) electrons. The molecule has 0 aromatic heterocycles. The van der Waals surface area contributed by atoms with Crippen LogP contribution in [0.15, 0.2) is 194 Å². The van der Waals surface area contributed by atoms with Crippen molar-refractivity contribution in [2.75, 3.05) is 22.9 Å². The molecule has 0 amide bonds. The van der Waals surface area contributed by atoms with Gasteiger partial charge in [0, 0.05) is 41.3 Å². The first-order valence-corrected chi connectivity index (χ1v) is 23.6. The molecule has 0 unspecified atom stereocenters. The maximum Gasteiger partial charge on any atom is 0.0443 e. The summed E-state index contributed by atoms with van der Waals surface area (Å²) in [6.07, 6.45) is 4.49. The summed E-state index contributed by atoms with van der Waals surface area (Å²) in [6, 6.07) is 73.9. The van der Waals surface area contributed by atoms with Crippen LogP contribution in [0.3, 0.4) is 0 Å². The largest absolute Gasteiger partial charge is 0.341 e. The lowest BCUT2D eigenvalue weighted by Crippen LogP contribution is -2.24. The number of nitrogens with zero attached hydrogens (tertiary/aromatic N) is 2. The summed E-state index contributed by atoms with van der Waals surface area (Å²) in [5.41, 5.74) is 21.0. The van der Waals surface area contributed by atoms with Gasteiger partial charge in [0.15, 0.2) is 0 Å². The molecule has 0 atom stereocenters. The molecule has 2 heteroatoms. The van der Waals surface area contributed by atoms with Gasteiger partial charge in [-0.1, -0.05) is 166 Å². The van der Waals surface area contributed by atoms with Gasteiger partial charge in [0.1, 0.15) is 0 Å². The molecule has 0 bridgehead atoms. The molecular weight excluding hydrogens is 785 g/mol. The Morgan fingerprint density at radius 1 is 0.369 bits per heavy atom. The van der Waals surface area contributed by atoms with Gasteiger partial charge in [0.05, 0.1) is 0 Å². The fourth-order valence-corrected chi connectivity index (χ4v) is 12.0. The highest BCUT2D eigenvalue weighted by atomic mass is 15.1. The third-order valence-corrected chi connectivity index (χ3v) is 15.1. The molecular formula is C63H50N2. The van der Waals surface area contributed by atoms with Gasteiger partial charge in [-0.25, -0.2) is 0 Å². The molecule has 3 aliphatic rings. The van der Waals surface area contributed by atoms with Gasteiger partial charge in [-0.15, -0.1) is 0 Å². The fourth-order valence-electron chi connectivity index (χ4n) is 12.0. The second-order valence-corrected chi connectivity index (χ2v) is 19.0. The third kappa shape index (κ3) is 5.93. The molecule has 2 heterocycles. The Bertz CT molecular complexity index is 3550. The van der Waals surface area contributed by atoms with E-state index in [2.05, 4.69) is 218 Å². The van der Waals surface area contributed by atoms with E-state index in [-0.39, 0.29) is 5.41 Å². The average Bonchev–Trinajstić information content (AvgIpc) is 3.59. The number of hydrogen-bond donors (Lipinski definition) is 0. The van der Waals surface area contributed by atoms with E-state index < -0.39 is 0 Å². The highest BCUT2D eigenvalue weighted by Gasteiger charge is 2.36. The van der Waals surface area contributed by atoms with Crippen molar-refractivity contribution in [1.29, 1.82) is 0 Å². The summed E-state index contributed by atoms with van der Waals surface area (Å²) >= 11 is 0. The lowest BCUT2D eigenvalue weighted by atomic mass is 9.80. The molecule has 0 saturated carbocycles. The SMILES string of the molecule is CC1(C)c2ccccc2-c2ccc(-c3c4cc(N5CCCc6ccccc65)ccc4c(-c4ccccc4-c4cccc5ccccc45)c4cc(N5CCCc6ccccc65)ccc34)cc21. The maximum atomic E-state index is 2.56. The van der Waals surface area contributed by atoms with E-state index in [4.69, 9.17) is 0 Å². The second-order valence-electron chi connectivity index (χ2n) is 19.0. The van der Waals surface area contributed by atoms with E-state index in [0.717, 1.165) is 38.8 Å². The molecule has 0 N–H and O–H groups in total. The summed E-state index contributed by atoms with van der Waals surface area (Å²) in [7, 11) is 0. The number of benzene rings is 10. The van der Waals surface area contributed by atoms with E-state index in [1.165, 1.54) is 122 Å². The highest BCUT2D eigenvalue weighted by molar-refractivity contribution is 6.24. The molecule has 10 aromatic carbocycles. The zero-order valence-electron chi connectivity index (χ0n) is 37.1. The van der Waals surface area contributed by atoms with Gasteiger partial charge in [0.2, 0.25) is 0 Å². The minimum atomic E-state index is -0.123. The van der Waals surface area contributed by atoms with Crippen molar-refractivity contribution in [3.05, 3.63) is 216 Å². The Morgan fingerprint density at radius 3 is 1.63 bits per heavy atom. The Balaban J connectivity index is 1.14. The highest BCUT2D eigenvalue weighted by Crippen LogP contribution is 2.53. The number of fused-ring (bicyclic) bond motifs is 8. The number of anilines is 4. The fraction of sp³-hybridized carbons (Fsp3) is 0.143. The second kappa shape index (κ2) is 14.8. The van der Waals surface area contributed by atoms with Crippen molar-refractivity contribution in [3.8, 4) is 44.5 Å². The van der Waals surface area contributed by atoms with Crippen molar-refractivity contribution in [3.63, 3.8) is 0 Å². The van der Waals surface area contributed by atoms with Gasteiger partial charge >= 0.3 is 0 Å². The van der Waals surface area contributed by atoms with Gasteiger partial charge in [-0.05, 0) is 167 Å². The Kier molecular flexibility index (Phi) is 8.68. The van der Waals surface area contributed by atoms with E-state index in [0.29, 0.717) is 0 Å². The van der Waals surface area contributed by atoms with Crippen molar-refractivity contribution < 1.29 is 0 Å². The Labute approximate surface area is 382 Å². The number of para-hydroxylation sites is 2. The molecule has 65 heavy (non-hydrogen) atoms. The average molecular weight is 835 g/mol. The van der Waals surface area contributed by atoms with E-state index in [1.807, 2.05) is 0 Å². The van der Waals surface area contributed by atoms with E-state index in [9.17, 15) is 0 Å². The van der Waals surface area contributed by atoms with E-state index in [1.54, 1.807) is 0 Å². The molecule has 10 aromatic rings. The molecule has 1 aliphatic carbocycles. The Hall–Kier alpha value is -7.42. The van der Waals surface area contributed by atoms with Crippen LogP contribution < -0.4 is 9.80 Å². The maximum absolute atomic E-state index is 2.56. The zero-order chi connectivity index (χ0) is 43.2. The molecule has 2 nitrogen and oxygen atoms in total. The van der Waals surface area contributed by atoms with Crippen LogP contribution in [0.1, 0.15) is 48.9 Å². The van der Waals surface area contributed by atoms with Crippen LogP contribution in [0.2, 0.25) is 0 Å². The van der Waals surface area contributed by atoms with Gasteiger partial charge < -0.3 is 9.80 Å². The van der Waals surface area contributed by atoms with Crippen molar-refractivity contribution in [2.24, 2.45) is 0 Å². The first-order valence-electron chi connectivity index (χ1n) is 23.6. The van der Waals surface area contributed by atoms with Crippen LogP contribution in [0.25, 0.3) is 76.8 Å².